The summed E-state index contributed by atoms with van der Waals surface area (Å²) in [6.45, 7) is 3.78. The number of aromatic nitrogens is 3. The first-order chi connectivity index (χ1) is 13.0. The summed E-state index contributed by atoms with van der Waals surface area (Å²) in [6.07, 6.45) is 3.32. The number of carbonyl (C=O) groups excluding carboxylic acids is 1. The zero-order valence-corrected chi connectivity index (χ0v) is 15.1. The van der Waals surface area contributed by atoms with Crippen LogP contribution in [0.2, 0.25) is 0 Å². The van der Waals surface area contributed by atoms with Gasteiger partial charge in [-0.25, -0.2) is 4.98 Å². The van der Waals surface area contributed by atoms with Gasteiger partial charge < -0.3 is 19.0 Å². The van der Waals surface area contributed by atoms with Gasteiger partial charge >= 0.3 is 0 Å². The third-order valence-electron chi connectivity index (χ3n) is 4.69. The normalized spacial score (nSPS) is 11.3. The lowest BCUT2D eigenvalue weighted by molar-refractivity contribution is 0.0981. The Balaban J connectivity index is 1.57. The zero-order valence-electron chi connectivity index (χ0n) is 15.1. The molecule has 4 rings (SSSR count). The number of hydrogen-bond donors (Lipinski definition) is 2. The van der Waals surface area contributed by atoms with Gasteiger partial charge in [0, 0.05) is 17.5 Å². The molecule has 0 aliphatic rings. The van der Waals surface area contributed by atoms with Crippen LogP contribution in [0.15, 0.2) is 39.5 Å². The van der Waals surface area contributed by atoms with Crippen LogP contribution in [0.25, 0.3) is 22.6 Å². The number of nitrogens with one attached hydrogen (secondary N) is 1. The number of benzene rings is 1. The highest BCUT2D eigenvalue weighted by molar-refractivity contribution is 6.07. The lowest BCUT2D eigenvalue weighted by atomic mass is 10.0. The van der Waals surface area contributed by atoms with Gasteiger partial charge in [0.05, 0.1) is 12.0 Å². The molecule has 0 radical (unpaired) electrons. The minimum absolute atomic E-state index is 0.0238. The average molecular weight is 365 g/mol. The highest BCUT2D eigenvalue weighted by Gasteiger charge is 2.18. The summed E-state index contributed by atoms with van der Waals surface area (Å²) in [5.74, 6) is 1.83. The van der Waals surface area contributed by atoms with E-state index < -0.39 is 0 Å². The maximum Gasteiger partial charge on any atom is 0.174 e. The summed E-state index contributed by atoms with van der Waals surface area (Å²) in [7, 11) is 0. The topological polar surface area (TPSA) is 105 Å². The lowest BCUT2D eigenvalue weighted by Crippen LogP contribution is -2.02. The number of fused-ring (bicyclic) bond motifs is 1. The van der Waals surface area contributed by atoms with E-state index in [-0.39, 0.29) is 11.5 Å². The van der Waals surface area contributed by atoms with E-state index in [4.69, 9.17) is 8.94 Å². The van der Waals surface area contributed by atoms with Crippen LogP contribution in [-0.4, -0.2) is 26.0 Å². The molecule has 0 unspecified atom stereocenters. The first-order valence-corrected chi connectivity index (χ1v) is 8.75. The molecule has 27 heavy (non-hydrogen) atoms. The van der Waals surface area contributed by atoms with Crippen molar-refractivity contribution in [3.05, 3.63) is 53.1 Å². The predicted octanol–water partition coefficient (Wildman–Crippen LogP) is 4.34. The second-order valence-electron chi connectivity index (χ2n) is 6.50. The molecule has 0 spiro atoms. The van der Waals surface area contributed by atoms with E-state index in [1.807, 2.05) is 13.8 Å². The number of aromatic amines is 1. The van der Waals surface area contributed by atoms with Crippen molar-refractivity contribution in [3.8, 4) is 17.3 Å². The van der Waals surface area contributed by atoms with Crippen LogP contribution in [0.3, 0.4) is 0 Å². The number of H-pyrrole nitrogens is 1. The second kappa shape index (κ2) is 6.75. The number of nitrogens with zero attached hydrogens (tertiary/aromatic N) is 2. The first-order valence-electron chi connectivity index (χ1n) is 8.75. The maximum atomic E-state index is 12.8. The van der Waals surface area contributed by atoms with Gasteiger partial charge in [-0.2, -0.15) is 0 Å². The molecule has 4 aromatic rings. The van der Waals surface area contributed by atoms with Crippen LogP contribution in [0.4, 0.5) is 0 Å². The van der Waals surface area contributed by atoms with Gasteiger partial charge in [-0.05, 0) is 51.0 Å². The molecule has 3 heterocycles. The van der Waals surface area contributed by atoms with Gasteiger partial charge in [-0.3, -0.25) is 4.79 Å². The van der Waals surface area contributed by atoms with Gasteiger partial charge in [0.2, 0.25) is 0 Å². The maximum absolute atomic E-state index is 12.8. The van der Waals surface area contributed by atoms with E-state index in [2.05, 4.69) is 15.1 Å². The Morgan fingerprint density at radius 1 is 1.26 bits per heavy atom. The van der Waals surface area contributed by atoms with Crippen molar-refractivity contribution in [2.75, 3.05) is 0 Å². The molecule has 0 bridgehead atoms. The number of furan rings is 1. The van der Waals surface area contributed by atoms with Crippen molar-refractivity contribution in [3.63, 3.8) is 0 Å². The number of aryl methyl sites for hydroxylation is 2. The van der Waals surface area contributed by atoms with Gasteiger partial charge in [-0.15, -0.1) is 0 Å². The fourth-order valence-electron chi connectivity index (χ4n) is 3.25. The van der Waals surface area contributed by atoms with E-state index in [0.717, 1.165) is 23.4 Å². The predicted molar refractivity (Wildman–Crippen MR) is 98.7 cm³/mol. The molecule has 0 aliphatic heterocycles. The number of phenols is 1. The quantitative estimate of drug-likeness (QED) is 0.493. The van der Waals surface area contributed by atoms with Gasteiger partial charge in [0.25, 0.3) is 0 Å². The van der Waals surface area contributed by atoms with Gasteiger partial charge in [0.15, 0.2) is 17.4 Å². The Morgan fingerprint density at radius 3 is 2.81 bits per heavy atom. The number of carbonyl (C=O) groups is 1. The fraction of sp³-hybridized carbons (Fsp3) is 0.250. The fourth-order valence-corrected chi connectivity index (χ4v) is 3.25. The van der Waals surface area contributed by atoms with Crippen molar-refractivity contribution in [2.24, 2.45) is 0 Å². The summed E-state index contributed by atoms with van der Waals surface area (Å²) in [5, 5.41) is 14.1. The van der Waals surface area contributed by atoms with Crippen molar-refractivity contribution in [1.82, 2.24) is 15.1 Å². The first kappa shape index (κ1) is 17.1. The monoisotopic (exact) mass is 365 g/mol. The molecule has 7 heteroatoms. The Morgan fingerprint density at radius 2 is 2.11 bits per heavy atom. The summed E-state index contributed by atoms with van der Waals surface area (Å²) in [6, 6.07) is 6.64. The molecule has 0 saturated heterocycles. The molecule has 138 valence electrons. The third kappa shape index (κ3) is 3.12. The third-order valence-corrected chi connectivity index (χ3v) is 4.69. The van der Waals surface area contributed by atoms with Crippen LogP contribution in [0, 0.1) is 13.8 Å². The van der Waals surface area contributed by atoms with Gasteiger partial charge in [0.1, 0.15) is 22.5 Å². The number of rotatable bonds is 6. The molecule has 2 N–H and O–H groups in total. The number of hydrogen-bond acceptors (Lipinski definition) is 6. The van der Waals surface area contributed by atoms with Crippen molar-refractivity contribution in [1.29, 1.82) is 0 Å². The summed E-state index contributed by atoms with van der Waals surface area (Å²) < 4.78 is 10.5. The number of imidazole rings is 1. The summed E-state index contributed by atoms with van der Waals surface area (Å²) in [4.78, 5) is 20.3. The Kier molecular flexibility index (Phi) is 4.27. The molecule has 0 amide bonds. The van der Waals surface area contributed by atoms with E-state index in [1.165, 1.54) is 6.07 Å². The van der Waals surface area contributed by atoms with Crippen LogP contribution < -0.4 is 0 Å². The summed E-state index contributed by atoms with van der Waals surface area (Å²) >= 11 is 0. The number of ketones is 1. The van der Waals surface area contributed by atoms with Crippen molar-refractivity contribution in [2.45, 2.75) is 33.1 Å². The molecule has 1 aromatic carbocycles. The molecule has 0 fully saturated rings. The van der Waals surface area contributed by atoms with E-state index in [1.54, 1.807) is 24.5 Å². The molecule has 0 aliphatic carbocycles. The highest BCUT2D eigenvalue weighted by Crippen LogP contribution is 2.30. The molecule has 0 atom stereocenters. The molecular weight excluding hydrogens is 346 g/mol. The second-order valence-corrected chi connectivity index (χ2v) is 6.50. The zero-order chi connectivity index (χ0) is 19.0. The number of Topliss-reactive ketones (excluding diaryl/α,β-unsaturated/α-hetero) is 1. The minimum atomic E-state index is -0.0238. The van der Waals surface area contributed by atoms with Crippen LogP contribution >= 0.6 is 0 Å². The summed E-state index contributed by atoms with van der Waals surface area (Å²) in [5.41, 5.74) is 3.28. The van der Waals surface area contributed by atoms with Crippen LogP contribution in [-0.2, 0) is 6.42 Å². The lowest BCUT2D eigenvalue weighted by Gasteiger charge is -2.04. The number of aromatic hydroxyl groups is 1. The Hall–Kier alpha value is -3.35. The standard InChI is InChI=1S/C20H19N3O4/c1-11-13(12(2)27-23-11)5-3-6-15(24)14-8-9-16(25)19-18(14)21-20(22-19)17-7-4-10-26-17/h4,7-10,25H,3,5-6H2,1-2H3,(H,21,22). The van der Waals surface area contributed by atoms with E-state index in [0.29, 0.717) is 41.0 Å². The van der Waals surface area contributed by atoms with Crippen molar-refractivity contribution < 1.29 is 18.8 Å². The molecule has 3 aromatic heterocycles. The number of phenolic OH excluding ortho intramolecular Hbond substituents is 1. The average Bonchev–Trinajstić information content (AvgIpc) is 3.37. The SMILES string of the molecule is Cc1noc(C)c1CCCC(=O)c1ccc(O)c2[nH]c(-c3ccco3)nc12. The Labute approximate surface area is 155 Å². The Bertz CT molecular complexity index is 1090. The largest absolute Gasteiger partial charge is 0.506 e. The molecular formula is C20H19N3O4. The van der Waals surface area contributed by atoms with E-state index in [9.17, 15) is 9.90 Å². The van der Waals surface area contributed by atoms with Gasteiger partial charge in [-0.1, -0.05) is 5.16 Å². The molecule has 0 saturated carbocycles. The van der Waals surface area contributed by atoms with E-state index >= 15 is 0 Å². The van der Waals surface area contributed by atoms with Crippen LogP contribution in [0.5, 0.6) is 5.75 Å². The molecule has 7 nitrogen and oxygen atoms in total. The van der Waals surface area contributed by atoms with Crippen LogP contribution in [0.1, 0.15) is 40.2 Å². The smallest absolute Gasteiger partial charge is 0.174 e. The minimum Gasteiger partial charge on any atom is -0.506 e. The highest BCUT2D eigenvalue weighted by atomic mass is 16.5. The van der Waals surface area contributed by atoms with Crippen molar-refractivity contribution >= 4 is 16.8 Å².